The van der Waals surface area contributed by atoms with Crippen LogP contribution in [-0.2, 0) is 4.79 Å². The molecule has 4 rings (SSSR count). The summed E-state index contributed by atoms with van der Waals surface area (Å²) < 4.78 is 32.8. The number of rotatable bonds is 3. The normalized spacial score (nSPS) is 14.5. The molecule has 3 aromatic rings. The molecule has 1 fully saturated rings. The third kappa shape index (κ3) is 6.20. The molecule has 8 nitrogen and oxygen atoms in total. The number of anilines is 2. The number of aryl methyl sites for hydroxylation is 1. The van der Waals surface area contributed by atoms with Crippen molar-refractivity contribution >= 4 is 44.9 Å². The fraction of sp³-hybridized carbons (Fsp3) is 0.364. The largest absolute Gasteiger partial charge is 0.490 e. The number of carboxylic acids is 1. The molecule has 2 aromatic heterocycles. The zero-order chi connectivity index (χ0) is 25.0. The molecule has 1 aromatic carbocycles. The Hall–Kier alpha value is -3.25. The molecule has 12 heteroatoms. The first-order valence-corrected chi connectivity index (χ1v) is 11.2. The predicted molar refractivity (Wildman–Crippen MR) is 124 cm³/mol. The average molecular weight is 496 g/mol. The van der Waals surface area contributed by atoms with Crippen LogP contribution >= 0.6 is 11.3 Å². The topological polar surface area (TPSA) is 113 Å². The van der Waals surface area contributed by atoms with Crippen molar-refractivity contribution in [1.29, 1.82) is 0 Å². The fourth-order valence-corrected chi connectivity index (χ4v) is 4.26. The van der Waals surface area contributed by atoms with E-state index in [9.17, 15) is 18.0 Å². The van der Waals surface area contributed by atoms with Gasteiger partial charge in [-0.2, -0.15) is 13.2 Å². The van der Waals surface area contributed by atoms with E-state index in [1.54, 1.807) is 35.5 Å². The molecule has 34 heavy (non-hydrogen) atoms. The lowest BCUT2D eigenvalue weighted by atomic mass is 10.1. The van der Waals surface area contributed by atoms with E-state index in [0.717, 1.165) is 52.7 Å². The van der Waals surface area contributed by atoms with Crippen molar-refractivity contribution in [3.05, 3.63) is 47.1 Å². The predicted octanol–water partition coefficient (Wildman–Crippen LogP) is 3.84. The van der Waals surface area contributed by atoms with E-state index in [4.69, 9.17) is 15.6 Å². The lowest BCUT2D eigenvalue weighted by Crippen LogP contribution is -2.40. The summed E-state index contributed by atoms with van der Waals surface area (Å²) in [4.78, 5) is 34.7. The molecule has 3 heterocycles. The van der Waals surface area contributed by atoms with Gasteiger partial charge in [0, 0.05) is 43.6 Å². The number of alkyl halides is 3. The highest BCUT2D eigenvalue weighted by Crippen LogP contribution is 2.27. The van der Waals surface area contributed by atoms with Crippen LogP contribution in [0.4, 0.5) is 24.7 Å². The highest BCUT2D eigenvalue weighted by molar-refractivity contribution is 7.18. The molecule has 0 unspecified atom stereocenters. The van der Waals surface area contributed by atoms with E-state index < -0.39 is 12.1 Å². The van der Waals surface area contributed by atoms with Gasteiger partial charge in [0.15, 0.2) is 0 Å². The summed E-state index contributed by atoms with van der Waals surface area (Å²) >= 11 is 1.64. The maximum Gasteiger partial charge on any atom is 0.490 e. The van der Waals surface area contributed by atoms with Gasteiger partial charge in [-0.05, 0) is 50.1 Å². The monoisotopic (exact) mass is 495 g/mol. The molecule has 1 aliphatic rings. The van der Waals surface area contributed by atoms with E-state index in [-0.39, 0.29) is 11.9 Å². The summed E-state index contributed by atoms with van der Waals surface area (Å²) in [5.41, 5.74) is 8.45. The Labute approximate surface area is 197 Å². The lowest BCUT2D eigenvalue weighted by molar-refractivity contribution is -0.192. The number of amides is 1. The number of carboxylic acid groups (broad SMARTS) is 1. The molecule has 0 radical (unpaired) electrons. The van der Waals surface area contributed by atoms with Crippen molar-refractivity contribution in [3.8, 4) is 0 Å². The molecule has 3 N–H and O–H groups in total. The number of benzene rings is 1. The minimum atomic E-state index is -5.08. The van der Waals surface area contributed by atoms with Crippen LogP contribution < -0.4 is 15.5 Å². The number of nitrogens with two attached hydrogens (primary N) is 1. The number of nitrogens with zero attached hydrogens (tertiary/aromatic N) is 4. The van der Waals surface area contributed by atoms with Crippen LogP contribution in [0.1, 0.15) is 28.2 Å². The highest BCUT2D eigenvalue weighted by Gasteiger charge is 2.38. The van der Waals surface area contributed by atoms with Gasteiger partial charge in [-0.15, -0.1) is 11.3 Å². The standard InChI is InChI=1S/C20H23N5OS.C2HF3O2/c1-13-23-17-4-3-16(12-18(17)27-13)24(2)20(26)14-5-8-22-19(11-14)25-9-6-15(21)7-10-25;3-2(4,5)1(6)7/h3-5,8,11-12,15H,6-7,9-10,21H2,1-2H3;(H,6,7). The Kier molecular flexibility index (Phi) is 7.72. The minimum Gasteiger partial charge on any atom is -0.475 e. The number of pyridine rings is 1. The van der Waals surface area contributed by atoms with Crippen LogP contribution in [0.5, 0.6) is 0 Å². The summed E-state index contributed by atoms with van der Waals surface area (Å²) in [5, 5.41) is 8.15. The van der Waals surface area contributed by atoms with E-state index in [0.29, 0.717) is 5.56 Å². The molecule has 182 valence electrons. The second-order valence-electron chi connectivity index (χ2n) is 7.78. The Morgan fingerprint density at radius 1 is 1.21 bits per heavy atom. The third-order valence-corrected chi connectivity index (χ3v) is 6.20. The summed E-state index contributed by atoms with van der Waals surface area (Å²) in [6.45, 7) is 3.75. The number of carbonyl (C=O) groups excluding carboxylic acids is 1. The number of aromatic nitrogens is 2. The van der Waals surface area contributed by atoms with Crippen LogP contribution in [0.15, 0.2) is 36.5 Å². The number of hydrogen-bond donors (Lipinski definition) is 2. The van der Waals surface area contributed by atoms with Crippen molar-refractivity contribution < 1.29 is 27.9 Å². The molecular weight excluding hydrogens is 471 g/mol. The summed E-state index contributed by atoms with van der Waals surface area (Å²) in [7, 11) is 1.80. The van der Waals surface area contributed by atoms with Gasteiger partial charge < -0.3 is 20.6 Å². The number of piperidine rings is 1. The van der Waals surface area contributed by atoms with Gasteiger partial charge in [-0.3, -0.25) is 4.79 Å². The molecule has 1 amide bonds. The van der Waals surface area contributed by atoms with Crippen LogP contribution in [0, 0.1) is 6.92 Å². The highest BCUT2D eigenvalue weighted by atomic mass is 32.1. The van der Waals surface area contributed by atoms with E-state index in [1.165, 1.54) is 0 Å². The van der Waals surface area contributed by atoms with Gasteiger partial charge in [-0.25, -0.2) is 14.8 Å². The zero-order valence-electron chi connectivity index (χ0n) is 18.5. The lowest BCUT2D eigenvalue weighted by Gasteiger charge is -2.31. The van der Waals surface area contributed by atoms with Crippen LogP contribution in [0.2, 0.25) is 0 Å². The second kappa shape index (κ2) is 10.3. The molecular formula is C22H24F3N5O3S. The number of aliphatic carboxylic acids is 1. The first kappa shape index (κ1) is 25.4. The Bertz CT molecular complexity index is 1180. The van der Waals surface area contributed by atoms with Gasteiger partial charge in [0.2, 0.25) is 0 Å². The number of thiazole rings is 1. The Morgan fingerprint density at radius 3 is 2.47 bits per heavy atom. The Morgan fingerprint density at radius 2 is 1.85 bits per heavy atom. The van der Waals surface area contributed by atoms with E-state index in [1.807, 2.05) is 31.2 Å². The number of halogens is 3. The van der Waals surface area contributed by atoms with Crippen molar-refractivity contribution in [1.82, 2.24) is 9.97 Å². The second-order valence-corrected chi connectivity index (χ2v) is 9.01. The molecule has 1 saturated heterocycles. The van der Waals surface area contributed by atoms with Gasteiger partial charge in [0.25, 0.3) is 5.91 Å². The number of fused-ring (bicyclic) bond motifs is 1. The van der Waals surface area contributed by atoms with Gasteiger partial charge in [0.1, 0.15) is 5.82 Å². The van der Waals surface area contributed by atoms with Crippen molar-refractivity contribution in [2.24, 2.45) is 5.73 Å². The first-order chi connectivity index (χ1) is 16.0. The zero-order valence-corrected chi connectivity index (χ0v) is 19.4. The fourth-order valence-electron chi connectivity index (χ4n) is 3.40. The number of hydrogen-bond acceptors (Lipinski definition) is 7. The van der Waals surface area contributed by atoms with Gasteiger partial charge in [0.05, 0.1) is 15.2 Å². The van der Waals surface area contributed by atoms with Crippen molar-refractivity contribution in [3.63, 3.8) is 0 Å². The average Bonchev–Trinajstić information content (AvgIpc) is 3.17. The van der Waals surface area contributed by atoms with E-state index in [2.05, 4.69) is 14.9 Å². The molecule has 0 spiro atoms. The summed E-state index contributed by atoms with van der Waals surface area (Å²) in [5.74, 6) is -1.96. The quantitative estimate of drug-likeness (QED) is 0.568. The summed E-state index contributed by atoms with van der Waals surface area (Å²) in [6.07, 6.45) is -1.47. The smallest absolute Gasteiger partial charge is 0.475 e. The third-order valence-electron chi connectivity index (χ3n) is 5.27. The minimum absolute atomic E-state index is 0.0482. The summed E-state index contributed by atoms with van der Waals surface area (Å²) in [6, 6.07) is 9.84. The van der Waals surface area contributed by atoms with Gasteiger partial charge in [-0.1, -0.05) is 0 Å². The van der Waals surface area contributed by atoms with Crippen molar-refractivity contribution in [2.45, 2.75) is 32.0 Å². The molecule has 0 atom stereocenters. The van der Waals surface area contributed by atoms with Crippen LogP contribution in [0.3, 0.4) is 0 Å². The van der Waals surface area contributed by atoms with Crippen LogP contribution in [-0.4, -0.2) is 59.3 Å². The molecule has 0 aliphatic carbocycles. The first-order valence-electron chi connectivity index (χ1n) is 10.4. The molecule has 1 aliphatic heterocycles. The number of carbonyl (C=O) groups is 2. The maximum absolute atomic E-state index is 13.0. The molecule has 0 saturated carbocycles. The maximum atomic E-state index is 13.0. The Balaban J connectivity index is 0.000000406. The van der Waals surface area contributed by atoms with Gasteiger partial charge >= 0.3 is 12.1 Å². The van der Waals surface area contributed by atoms with Crippen molar-refractivity contribution in [2.75, 3.05) is 29.9 Å². The molecule has 0 bridgehead atoms. The van der Waals surface area contributed by atoms with E-state index >= 15 is 0 Å². The SMILES string of the molecule is Cc1nc2ccc(N(C)C(=O)c3ccnc(N4CCC(N)CC4)c3)cc2s1.O=C(O)C(F)(F)F. The van der Waals surface area contributed by atoms with Crippen LogP contribution in [0.25, 0.3) is 10.2 Å².